The second-order valence-electron chi connectivity index (χ2n) is 8.08. The minimum atomic E-state index is -0.518. The van der Waals surface area contributed by atoms with Crippen molar-refractivity contribution in [2.24, 2.45) is 5.10 Å². The number of para-hydroxylation sites is 2. The number of halogens is 1. The monoisotopic (exact) mass is 575 g/mol. The second-order valence-corrected chi connectivity index (χ2v) is 8.99. The highest BCUT2D eigenvalue weighted by Gasteiger charge is 2.17. The van der Waals surface area contributed by atoms with Crippen LogP contribution in [0.5, 0.6) is 11.5 Å². The fourth-order valence-corrected chi connectivity index (χ4v) is 4.30. The van der Waals surface area contributed by atoms with Gasteiger partial charge in [-0.05, 0) is 55.5 Å². The van der Waals surface area contributed by atoms with Crippen molar-refractivity contribution < 1.29 is 23.4 Å². The molecule has 0 aliphatic carbocycles. The third-order valence-corrected chi connectivity index (χ3v) is 6.13. The lowest BCUT2D eigenvalue weighted by Crippen LogP contribution is -2.20. The zero-order chi connectivity index (χ0) is 26.6. The van der Waals surface area contributed by atoms with Crippen molar-refractivity contribution in [2.45, 2.75) is 6.92 Å². The largest absolute Gasteiger partial charge is 0.493 e. The molecule has 5 rings (SSSR count). The summed E-state index contributed by atoms with van der Waals surface area (Å²) in [6.07, 6.45) is 1.45. The molecule has 10 heteroatoms. The van der Waals surface area contributed by atoms with Gasteiger partial charge in [-0.1, -0.05) is 34.1 Å². The number of aromatic nitrogens is 2. The summed E-state index contributed by atoms with van der Waals surface area (Å²) < 4.78 is 24.2. The fraction of sp³-hybridized carbons (Fsp3) is 0.143. The molecule has 0 fully saturated rings. The van der Waals surface area contributed by atoms with Crippen LogP contribution in [0.1, 0.15) is 12.5 Å². The Morgan fingerprint density at radius 2 is 1.97 bits per heavy atom. The van der Waals surface area contributed by atoms with Crippen molar-refractivity contribution in [2.75, 3.05) is 20.3 Å². The van der Waals surface area contributed by atoms with Crippen LogP contribution < -0.4 is 15.0 Å². The zero-order valence-electron chi connectivity index (χ0n) is 20.5. The van der Waals surface area contributed by atoms with E-state index in [9.17, 15) is 9.59 Å². The molecule has 0 N–H and O–H groups in total. The van der Waals surface area contributed by atoms with Crippen LogP contribution in [0.4, 0.5) is 0 Å². The van der Waals surface area contributed by atoms with Gasteiger partial charge in [0.15, 0.2) is 23.9 Å². The molecule has 5 aromatic rings. The van der Waals surface area contributed by atoms with E-state index < -0.39 is 5.97 Å². The van der Waals surface area contributed by atoms with Crippen LogP contribution in [-0.2, 0) is 9.53 Å². The van der Waals surface area contributed by atoms with Gasteiger partial charge in [-0.25, -0.2) is 9.78 Å². The van der Waals surface area contributed by atoms with Crippen LogP contribution in [0, 0.1) is 0 Å². The van der Waals surface area contributed by atoms with Gasteiger partial charge in [-0.3, -0.25) is 4.79 Å². The number of ether oxygens (including phenoxy) is 3. The van der Waals surface area contributed by atoms with Crippen LogP contribution >= 0.6 is 15.9 Å². The molecule has 0 aliphatic rings. The number of esters is 1. The van der Waals surface area contributed by atoms with Gasteiger partial charge < -0.3 is 18.6 Å². The van der Waals surface area contributed by atoms with E-state index in [0.717, 1.165) is 9.86 Å². The highest BCUT2D eigenvalue weighted by atomic mass is 79.9. The number of furan rings is 1. The molecule has 0 saturated carbocycles. The summed E-state index contributed by atoms with van der Waals surface area (Å²) in [5.41, 5.74) is 1.26. The maximum Gasteiger partial charge on any atom is 0.344 e. The minimum absolute atomic E-state index is 0.231. The molecule has 0 bridgehead atoms. The average Bonchev–Trinajstić information content (AvgIpc) is 3.34. The van der Waals surface area contributed by atoms with Crippen LogP contribution in [0.2, 0.25) is 0 Å². The smallest absolute Gasteiger partial charge is 0.344 e. The quantitative estimate of drug-likeness (QED) is 0.180. The normalized spacial score (nSPS) is 11.3. The molecule has 3 aromatic carbocycles. The predicted molar refractivity (Wildman–Crippen MR) is 147 cm³/mol. The lowest BCUT2D eigenvalue weighted by molar-refractivity contribution is -0.145. The van der Waals surface area contributed by atoms with Crippen LogP contribution in [0.3, 0.4) is 0 Å². The predicted octanol–water partition coefficient (Wildman–Crippen LogP) is 5.40. The number of carbonyl (C=O) groups is 1. The Morgan fingerprint density at radius 1 is 1.13 bits per heavy atom. The van der Waals surface area contributed by atoms with E-state index in [1.54, 1.807) is 43.3 Å². The first-order valence-corrected chi connectivity index (χ1v) is 12.5. The van der Waals surface area contributed by atoms with Crippen LogP contribution in [0.15, 0.2) is 85.5 Å². The number of rotatable bonds is 8. The standard InChI is InChI=1S/C28H22BrN3O6/c1-3-36-25(33)16-37-26-17(7-6-10-23(26)35-2)15-30-32-27(31-21-9-5-4-8-20(21)28(32)34)24-14-18-13-19(29)11-12-22(18)38-24/h4-15H,3,16H2,1-2H3. The Kier molecular flexibility index (Phi) is 7.23. The Balaban J connectivity index is 1.63. The molecule has 192 valence electrons. The summed E-state index contributed by atoms with van der Waals surface area (Å²) in [5, 5.41) is 5.73. The number of benzene rings is 3. The minimum Gasteiger partial charge on any atom is -0.493 e. The van der Waals surface area contributed by atoms with E-state index in [-0.39, 0.29) is 30.3 Å². The lowest BCUT2D eigenvalue weighted by atomic mass is 10.2. The third kappa shape index (κ3) is 5.03. The van der Waals surface area contributed by atoms with Crippen molar-refractivity contribution >= 4 is 50.0 Å². The average molecular weight is 576 g/mol. The summed E-state index contributed by atoms with van der Waals surface area (Å²) in [5.74, 6) is 0.765. The number of nitrogens with zero attached hydrogens (tertiary/aromatic N) is 3. The van der Waals surface area contributed by atoms with Crippen molar-refractivity contribution in [1.29, 1.82) is 0 Å². The maximum atomic E-state index is 13.6. The highest BCUT2D eigenvalue weighted by molar-refractivity contribution is 9.10. The van der Waals surface area contributed by atoms with Crippen molar-refractivity contribution in [1.82, 2.24) is 9.66 Å². The van der Waals surface area contributed by atoms with Crippen LogP contribution in [-0.4, -0.2) is 42.2 Å². The maximum absolute atomic E-state index is 13.6. The van der Waals surface area contributed by atoms with E-state index in [2.05, 4.69) is 21.0 Å². The van der Waals surface area contributed by atoms with Crippen molar-refractivity contribution in [3.05, 3.63) is 87.1 Å². The molecule has 0 spiro atoms. The number of carbonyl (C=O) groups excluding carboxylic acids is 1. The summed E-state index contributed by atoms with van der Waals surface area (Å²) in [4.78, 5) is 30.1. The molecule has 0 radical (unpaired) electrons. The SMILES string of the molecule is CCOC(=O)COc1c(C=Nn2c(-c3cc4cc(Br)ccc4o3)nc3ccccc3c2=O)cccc1OC. The molecule has 2 heterocycles. The molecule has 9 nitrogen and oxygen atoms in total. The zero-order valence-corrected chi connectivity index (χ0v) is 22.1. The van der Waals surface area contributed by atoms with Gasteiger partial charge in [0.25, 0.3) is 5.56 Å². The lowest BCUT2D eigenvalue weighted by Gasteiger charge is -2.13. The van der Waals surface area contributed by atoms with Gasteiger partial charge in [0.1, 0.15) is 5.58 Å². The van der Waals surface area contributed by atoms with E-state index in [0.29, 0.717) is 33.6 Å². The molecule has 0 atom stereocenters. The first-order chi connectivity index (χ1) is 18.5. The Morgan fingerprint density at radius 3 is 2.79 bits per heavy atom. The molecule has 2 aromatic heterocycles. The van der Waals surface area contributed by atoms with Gasteiger partial charge in [-0.2, -0.15) is 9.78 Å². The number of methoxy groups -OCH3 is 1. The van der Waals surface area contributed by atoms with Gasteiger partial charge in [0.2, 0.25) is 5.82 Å². The number of hydrogen-bond acceptors (Lipinski definition) is 8. The second kappa shape index (κ2) is 10.9. The molecule has 0 amide bonds. The van der Waals surface area contributed by atoms with Gasteiger partial charge in [0.05, 0.1) is 30.8 Å². The summed E-state index contributed by atoms with van der Waals surface area (Å²) in [7, 11) is 1.49. The third-order valence-electron chi connectivity index (χ3n) is 5.63. The van der Waals surface area contributed by atoms with E-state index >= 15 is 0 Å². The molecular formula is C28H22BrN3O6. The fourth-order valence-electron chi connectivity index (χ4n) is 3.92. The summed E-state index contributed by atoms with van der Waals surface area (Å²) >= 11 is 3.47. The van der Waals surface area contributed by atoms with Crippen molar-refractivity contribution in [3.8, 4) is 23.1 Å². The Hall–Kier alpha value is -4.44. The van der Waals surface area contributed by atoms with Gasteiger partial charge in [0, 0.05) is 15.4 Å². The molecular weight excluding hydrogens is 554 g/mol. The molecule has 0 aliphatic heterocycles. The summed E-state index contributed by atoms with van der Waals surface area (Å²) in [6.45, 7) is 1.64. The number of hydrogen-bond donors (Lipinski definition) is 0. The van der Waals surface area contributed by atoms with E-state index in [1.165, 1.54) is 18.0 Å². The first-order valence-electron chi connectivity index (χ1n) is 11.7. The van der Waals surface area contributed by atoms with Crippen LogP contribution in [0.25, 0.3) is 33.5 Å². The van der Waals surface area contributed by atoms with Crippen molar-refractivity contribution in [3.63, 3.8) is 0 Å². The summed E-state index contributed by atoms with van der Waals surface area (Å²) in [6, 6.07) is 19.6. The number of fused-ring (bicyclic) bond motifs is 2. The molecule has 0 unspecified atom stereocenters. The Bertz CT molecular complexity index is 1740. The topological polar surface area (TPSA) is 105 Å². The molecule has 0 saturated heterocycles. The van der Waals surface area contributed by atoms with Gasteiger partial charge >= 0.3 is 5.97 Å². The highest BCUT2D eigenvalue weighted by Crippen LogP contribution is 2.31. The van der Waals surface area contributed by atoms with E-state index in [4.69, 9.17) is 23.6 Å². The van der Waals surface area contributed by atoms with Gasteiger partial charge in [-0.15, -0.1) is 0 Å². The van der Waals surface area contributed by atoms with E-state index in [1.807, 2.05) is 30.3 Å². The Labute approximate surface area is 225 Å². The molecule has 38 heavy (non-hydrogen) atoms. The first kappa shape index (κ1) is 25.2.